The van der Waals surface area contributed by atoms with Crippen LogP contribution in [0.15, 0.2) is 12.2 Å². The smallest absolute Gasteiger partial charge is 0.328 e. The molecule has 0 aromatic carbocycles. The molecule has 11 heavy (non-hydrogen) atoms. The summed E-state index contributed by atoms with van der Waals surface area (Å²) < 4.78 is 10.4. The van der Waals surface area contributed by atoms with Crippen molar-refractivity contribution in [3.05, 3.63) is 12.2 Å². The van der Waals surface area contributed by atoms with Gasteiger partial charge in [-0.1, -0.05) is 12.2 Å². The van der Waals surface area contributed by atoms with Gasteiger partial charge in [0.2, 0.25) is 0 Å². The lowest BCUT2D eigenvalue weighted by Crippen LogP contribution is -2.14. The molecule has 0 unspecified atom stereocenters. The maximum Gasteiger partial charge on any atom is 0.328 e. The van der Waals surface area contributed by atoms with Crippen molar-refractivity contribution in [3.63, 3.8) is 0 Å². The van der Waals surface area contributed by atoms with Gasteiger partial charge in [-0.2, -0.15) is 0 Å². The lowest BCUT2D eigenvalue weighted by molar-refractivity contribution is 0.171. The fraction of sp³-hybridized carbons (Fsp3) is 0.667. The van der Waals surface area contributed by atoms with Gasteiger partial charge in [0.15, 0.2) is 0 Å². The lowest BCUT2D eigenvalue weighted by atomic mass is 10.2. The van der Waals surface area contributed by atoms with E-state index in [1.165, 1.54) is 0 Å². The third kappa shape index (κ3) is 2.75. The Labute approximate surface area is 64.7 Å². The Morgan fingerprint density at radius 1 is 1.73 bits per heavy atom. The van der Waals surface area contributed by atoms with Crippen LogP contribution in [0.2, 0.25) is 0 Å². The summed E-state index contributed by atoms with van der Waals surface area (Å²) in [6.07, 6.45) is -0.666. The van der Waals surface area contributed by atoms with Gasteiger partial charge in [0, 0.05) is 5.92 Å². The largest absolute Gasteiger partial charge is 0.392 e. The number of hydrogen-bond donors (Lipinski definition) is 3. The van der Waals surface area contributed by atoms with Crippen LogP contribution in [0, 0.1) is 5.92 Å². The molecule has 0 heterocycles. The zero-order valence-electron chi connectivity index (χ0n) is 5.97. The van der Waals surface area contributed by atoms with Gasteiger partial charge in [0.1, 0.15) is 0 Å². The molecule has 0 radical (unpaired) electrons. The highest BCUT2D eigenvalue weighted by molar-refractivity contribution is 7.51. The van der Waals surface area contributed by atoms with Crippen LogP contribution in [-0.2, 0) is 4.57 Å². The molecule has 0 bridgehead atoms. The topological polar surface area (TPSA) is 77.8 Å². The summed E-state index contributed by atoms with van der Waals surface area (Å²) in [5.74, 6) is -0.0809. The molecule has 5 heteroatoms. The van der Waals surface area contributed by atoms with E-state index in [9.17, 15) is 4.57 Å². The number of hydrogen-bond acceptors (Lipinski definition) is 2. The highest BCUT2D eigenvalue weighted by atomic mass is 31.2. The third-order valence-electron chi connectivity index (χ3n) is 1.74. The first-order chi connectivity index (χ1) is 4.90. The van der Waals surface area contributed by atoms with Crippen LogP contribution in [0.5, 0.6) is 0 Å². The Morgan fingerprint density at radius 3 is 2.45 bits per heavy atom. The molecular formula is C6H11O4P. The second-order valence-corrected chi connectivity index (χ2v) is 4.58. The monoisotopic (exact) mass is 178 g/mol. The zero-order valence-corrected chi connectivity index (χ0v) is 6.87. The minimum atomic E-state index is -4.05. The fourth-order valence-electron chi connectivity index (χ4n) is 1.00. The van der Waals surface area contributed by atoms with Crippen LogP contribution in [0.25, 0.3) is 0 Å². The van der Waals surface area contributed by atoms with Gasteiger partial charge in [0.25, 0.3) is 0 Å². The van der Waals surface area contributed by atoms with Gasteiger partial charge in [-0.05, 0) is 6.42 Å². The highest BCUT2D eigenvalue weighted by Gasteiger charge is 2.37. The Morgan fingerprint density at radius 2 is 2.18 bits per heavy atom. The molecule has 1 aliphatic carbocycles. The summed E-state index contributed by atoms with van der Waals surface area (Å²) in [6, 6.07) is 0. The predicted molar refractivity (Wildman–Crippen MR) is 40.2 cm³/mol. The Kier molecular flexibility index (Phi) is 2.21. The molecule has 1 fully saturated rings. The van der Waals surface area contributed by atoms with E-state index in [1.807, 2.05) is 0 Å². The van der Waals surface area contributed by atoms with E-state index in [2.05, 4.69) is 6.58 Å². The van der Waals surface area contributed by atoms with Crippen molar-refractivity contribution in [2.24, 2.45) is 5.92 Å². The first-order valence-corrected chi connectivity index (χ1v) is 5.10. The Hall–Kier alpha value is -0.150. The SMILES string of the molecule is C=C1C[C@@H]1[C@@H](O)CP(=O)(O)O. The maximum atomic E-state index is 10.4. The highest BCUT2D eigenvalue weighted by Crippen LogP contribution is 2.44. The van der Waals surface area contributed by atoms with E-state index in [0.29, 0.717) is 6.42 Å². The van der Waals surface area contributed by atoms with Crippen LogP contribution in [0.3, 0.4) is 0 Å². The minimum Gasteiger partial charge on any atom is -0.392 e. The first-order valence-electron chi connectivity index (χ1n) is 3.30. The van der Waals surface area contributed by atoms with Crippen LogP contribution in [0.1, 0.15) is 6.42 Å². The molecule has 3 N–H and O–H groups in total. The normalized spacial score (nSPS) is 26.8. The molecule has 64 valence electrons. The van der Waals surface area contributed by atoms with Crippen LogP contribution in [-0.4, -0.2) is 27.2 Å². The van der Waals surface area contributed by atoms with Gasteiger partial charge >= 0.3 is 7.60 Å². The molecule has 1 rings (SSSR count). The van der Waals surface area contributed by atoms with Crippen molar-refractivity contribution in [3.8, 4) is 0 Å². The average Bonchev–Trinajstić information content (AvgIpc) is 2.41. The minimum absolute atomic E-state index is 0.0809. The molecule has 0 aromatic rings. The van der Waals surface area contributed by atoms with Crippen molar-refractivity contribution in [2.75, 3.05) is 6.16 Å². The molecule has 1 saturated carbocycles. The van der Waals surface area contributed by atoms with Crippen molar-refractivity contribution < 1.29 is 19.5 Å². The molecular weight excluding hydrogens is 167 g/mol. The van der Waals surface area contributed by atoms with E-state index in [-0.39, 0.29) is 5.92 Å². The van der Waals surface area contributed by atoms with E-state index >= 15 is 0 Å². The standard InChI is InChI=1S/C6H11O4P/c1-4-2-5(4)6(7)3-11(8,9)10/h5-7H,1-3H2,(H2,8,9,10)/t5-,6-/m0/s1. The molecule has 0 saturated heterocycles. The summed E-state index contributed by atoms with van der Waals surface area (Å²) in [5, 5.41) is 9.14. The summed E-state index contributed by atoms with van der Waals surface area (Å²) >= 11 is 0. The first kappa shape index (κ1) is 8.94. The van der Waals surface area contributed by atoms with Crippen LogP contribution < -0.4 is 0 Å². The Bertz CT molecular complexity index is 219. The quantitative estimate of drug-likeness (QED) is 0.423. The van der Waals surface area contributed by atoms with Crippen molar-refractivity contribution in [2.45, 2.75) is 12.5 Å². The Balaban J connectivity index is 2.38. The van der Waals surface area contributed by atoms with Gasteiger partial charge in [0.05, 0.1) is 12.3 Å². The van der Waals surface area contributed by atoms with Crippen LogP contribution in [0.4, 0.5) is 0 Å². The van der Waals surface area contributed by atoms with Crippen LogP contribution >= 0.6 is 7.60 Å². The van der Waals surface area contributed by atoms with E-state index in [4.69, 9.17) is 14.9 Å². The van der Waals surface area contributed by atoms with E-state index in [1.54, 1.807) is 0 Å². The van der Waals surface area contributed by atoms with Gasteiger partial charge in [-0.25, -0.2) is 0 Å². The number of rotatable bonds is 3. The number of aliphatic hydroxyl groups excluding tert-OH is 1. The summed E-state index contributed by atoms with van der Waals surface area (Å²) in [6.45, 7) is 3.59. The van der Waals surface area contributed by atoms with Crippen molar-refractivity contribution in [1.29, 1.82) is 0 Å². The van der Waals surface area contributed by atoms with Crippen molar-refractivity contribution >= 4 is 7.60 Å². The molecule has 0 aromatic heterocycles. The molecule has 0 amide bonds. The summed E-state index contributed by atoms with van der Waals surface area (Å²) in [7, 11) is -4.05. The molecule has 4 nitrogen and oxygen atoms in total. The summed E-state index contributed by atoms with van der Waals surface area (Å²) in [4.78, 5) is 16.9. The van der Waals surface area contributed by atoms with Gasteiger partial charge in [-0.3, -0.25) is 4.57 Å². The summed E-state index contributed by atoms with van der Waals surface area (Å²) in [5.41, 5.74) is 0.881. The molecule has 0 aliphatic heterocycles. The van der Waals surface area contributed by atoms with Crippen molar-refractivity contribution in [1.82, 2.24) is 0 Å². The van der Waals surface area contributed by atoms with Gasteiger partial charge < -0.3 is 14.9 Å². The predicted octanol–water partition coefficient (Wildman–Crippen LogP) is 0.101. The second-order valence-electron chi connectivity index (χ2n) is 2.88. The third-order valence-corrected chi connectivity index (χ3v) is 2.59. The molecule has 0 spiro atoms. The number of aliphatic hydroxyl groups is 1. The average molecular weight is 178 g/mol. The zero-order chi connectivity index (χ0) is 8.65. The molecule has 1 aliphatic rings. The van der Waals surface area contributed by atoms with E-state index < -0.39 is 19.9 Å². The fourth-order valence-corrected chi connectivity index (χ4v) is 1.74. The molecule has 2 atom stereocenters. The second kappa shape index (κ2) is 2.72. The van der Waals surface area contributed by atoms with E-state index in [0.717, 1.165) is 5.57 Å². The maximum absolute atomic E-state index is 10.4. The lowest BCUT2D eigenvalue weighted by Gasteiger charge is -2.08. The van der Waals surface area contributed by atoms with Gasteiger partial charge in [-0.15, -0.1) is 0 Å².